The Balaban J connectivity index is 1.71. The van der Waals surface area contributed by atoms with Crippen molar-refractivity contribution in [3.8, 4) is 0 Å². The molecule has 1 unspecified atom stereocenters. The molecule has 8 heteroatoms. The minimum atomic E-state index is -3.64. The molecule has 0 radical (unpaired) electrons. The Bertz CT molecular complexity index is 1240. The standard InChI is InChI=1S/C26H29N3O4S/c1-19-13-15-21(16-14-19)17-29(34(3,32)33)18-25(30)28-24-12-8-7-11-23(24)26(31)27-20(2)22-9-5-4-6-10-22/h4-16,20H,17-18H2,1-3H3,(H,27,31)(H,28,30). The fourth-order valence-corrected chi connectivity index (χ4v) is 4.16. The van der Waals surface area contributed by atoms with Gasteiger partial charge in [-0.05, 0) is 37.1 Å². The lowest BCUT2D eigenvalue weighted by Gasteiger charge is -2.20. The van der Waals surface area contributed by atoms with Crippen LogP contribution in [0, 0.1) is 6.92 Å². The number of carbonyl (C=O) groups excluding carboxylic acids is 2. The van der Waals surface area contributed by atoms with E-state index in [9.17, 15) is 18.0 Å². The van der Waals surface area contributed by atoms with E-state index in [0.29, 0.717) is 11.3 Å². The summed E-state index contributed by atoms with van der Waals surface area (Å²) in [6.45, 7) is 3.52. The molecule has 1 atom stereocenters. The quantitative estimate of drug-likeness (QED) is 0.487. The second-order valence-electron chi connectivity index (χ2n) is 8.22. The Morgan fingerprint density at radius 2 is 1.53 bits per heavy atom. The summed E-state index contributed by atoms with van der Waals surface area (Å²) in [5.41, 5.74) is 3.40. The molecule has 0 saturated heterocycles. The first-order valence-electron chi connectivity index (χ1n) is 10.9. The van der Waals surface area contributed by atoms with E-state index in [1.54, 1.807) is 24.3 Å². The van der Waals surface area contributed by atoms with Crippen molar-refractivity contribution < 1.29 is 18.0 Å². The Labute approximate surface area is 200 Å². The SMILES string of the molecule is Cc1ccc(CN(CC(=O)Nc2ccccc2C(=O)NC(C)c2ccccc2)S(C)(=O)=O)cc1. The van der Waals surface area contributed by atoms with Crippen LogP contribution in [0.15, 0.2) is 78.9 Å². The predicted octanol–water partition coefficient (Wildman–Crippen LogP) is 3.89. The van der Waals surface area contributed by atoms with Gasteiger partial charge in [0.25, 0.3) is 5.91 Å². The lowest BCUT2D eigenvalue weighted by molar-refractivity contribution is -0.116. The fourth-order valence-electron chi connectivity index (χ4n) is 3.43. The second-order valence-corrected chi connectivity index (χ2v) is 10.2. The van der Waals surface area contributed by atoms with Crippen molar-refractivity contribution in [1.82, 2.24) is 9.62 Å². The number of nitrogens with one attached hydrogen (secondary N) is 2. The first-order valence-corrected chi connectivity index (χ1v) is 12.7. The van der Waals surface area contributed by atoms with Gasteiger partial charge in [0.15, 0.2) is 0 Å². The minimum absolute atomic E-state index is 0.0727. The number of hydrogen-bond acceptors (Lipinski definition) is 4. The number of benzene rings is 3. The van der Waals surface area contributed by atoms with E-state index in [4.69, 9.17) is 0 Å². The highest BCUT2D eigenvalue weighted by Gasteiger charge is 2.22. The van der Waals surface area contributed by atoms with Gasteiger partial charge < -0.3 is 10.6 Å². The summed E-state index contributed by atoms with van der Waals surface area (Å²) in [7, 11) is -3.64. The average Bonchev–Trinajstić information content (AvgIpc) is 2.80. The van der Waals surface area contributed by atoms with Crippen LogP contribution in [0.25, 0.3) is 0 Å². The maximum Gasteiger partial charge on any atom is 0.253 e. The van der Waals surface area contributed by atoms with E-state index >= 15 is 0 Å². The van der Waals surface area contributed by atoms with E-state index in [1.807, 2.05) is 68.4 Å². The lowest BCUT2D eigenvalue weighted by Crippen LogP contribution is -2.37. The lowest BCUT2D eigenvalue weighted by atomic mass is 10.1. The molecule has 0 aliphatic rings. The summed E-state index contributed by atoms with van der Waals surface area (Å²) in [4.78, 5) is 25.7. The van der Waals surface area contributed by atoms with E-state index in [0.717, 1.165) is 27.3 Å². The van der Waals surface area contributed by atoms with Crippen LogP contribution >= 0.6 is 0 Å². The monoisotopic (exact) mass is 479 g/mol. The predicted molar refractivity (Wildman–Crippen MR) is 134 cm³/mol. The molecule has 3 aromatic rings. The van der Waals surface area contributed by atoms with Crippen LogP contribution in [0.5, 0.6) is 0 Å². The van der Waals surface area contributed by atoms with Crippen LogP contribution < -0.4 is 10.6 Å². The third-order valence-electron chi connectivity index (χ3n) is 5.36. The fraction of sp³-hybridized carbons (Fsp3) is 0.231. The molecule has 34 heavy (non-hydrogen) atoms. The van der Waals surface area contributed by atoms with Gasteiger partial charge in [-0.1, -0.05) is 72.3 Å². The van der Waals surface area contributed by atoms with Crippen molar-refractivity contribution in [2.45, 2.75) is 26.4 Å². The van der Waals surface area contributed by atoms with Gasteiger partial charge >= 0.3 is 0 Å². The molecule has 2 N–H and O–H groups in total. The van der Waals surface area contributed by atoms with Crippen LogP contribution in [0.1, 0.15) is 40.0 Å². The Morgan fingerprint density at radius 1 is 0.912 bits per heavy atom. The van der Waals surface area contributed by atoms with Gasteiger partial charge in [0, 0.05) is 6.54 Å². The molecule has 0 aromatic heterocycles. The summed E-state index contributed by atoms with van der Waals surface area (Å²) >= 11 is 0. The molecule has 0 aliphatic carbocycles. The number of para-hydroxylation sites is 1. The molecule has 0 heterocycles. The van der Waals surface area contributed by atoms with Crippen molar-refractivity contribution in [3.05, 3.63) is 101 Å². The summed E-state index contributed by atoms with van der Waals surface area (Å²) in [5, 5.41) is 5.63. The zero-order valence-electron chi connectivity index (χ0n) is 19.5. The van der Waals surface area contributed by atoms with Gasteiger partial charge in [-0.3, -0.25) is 9.59 Å². The van der Waals surface area contributed by atoms with Crippen LogP contribution in [-0.4, -0.2) is 37.3 Å². The third kappa shape index (κ3) is 7.00. The summed E-state index contributed by atoms with van der Waals surface area (Å²) in [6, 6.07) is 23.4. The highest BCUT2D eigenvalue weighted by atomic mass is 32.2. The van der Waals surface area contributed by atoms with Crippen molar-refractivity contribution in [3.63, 3.8) is 0 Å². The molecule has 0 spiro atoms. The Hall–Kier alpha value is -3.49. The summed E-state index contributed by atoms with van der Waals surface area (Å²) in [5.74, 6) is -0.874. The second kappa shape index (κ2) is 11.1. The maximum atomic E-state index is 12.9. The molecule has 3 aromatic carbocycles. The number of carbonyl (C=O) groups is 2. The zero-order chi connectivity index (χ0) is 24.7. The topological polar surface area (TPSA) is 95.6 Å². The first kappa shape index (κ1) is 25.1. The molecular formula is C26H29N3O4S. The van der Waals surface area contributed by atoms with Crippen LogP contribution in [0.3, 0.4) is 0 Å². The largest absolute Gasteiger partial charge is 0.345 e. The van der Waals surface area contributed by atoms with E-state index in [1.165, 1.54) is 0 Å². The number of hydrogen-bond donors (Lipinski definition) is 2. The molecule has 0 bridgehead atoms. The smallest absolute Gasteiger partial charge is 0.253 e. The number of nitrogens with zero attached hydrogens (tertiary/aromatic N) is 1. The van der Waals surface area contributed by atoms with Crippen LogP contribution in [-0.2, 0) is 21.4 Å². The molecular weight excluding hydrogens is 450 g/mol. The number of rotatable bonds is 9. The van der Waals surface area contributed by atoms with Gasteiger partial charge in [-0.2, -0.15) is 4.31 Å². The highest BCUT2D eigenvalue weighted by molar-refractivity contribution is 7.88. The van der Waals surface area contributed by atoms with E-state index < -0.39 is 15.9 Å². The van der Waals surface area contributed by atoms with Crippen LogP contribution in [0.4, 0.5) is 5.69 Å². The van der Waals surface area contributed by atoms with Crippen LogP contribution in [0.2, 0.25) is 0 Å². The summed E-state index contributed by atoms with van der Waals surface area (Å²) < 4.78 is 25.7. The minimum Gasteiger partial charge on any atom is -0.345 e. The summed E-state index contributed by atoms with van der Waals surface area (Å²) in [6.07, 6.45) is 1.07. The number of sulfonamides is 1. The molecule has 0 aliphatic heterocycles. The first-order chi connectivity index (χ1) is 16.1. The average molecular weight is 480 g/mol. The number of anilines is 1. The number of amides is 2. The Kier molecular flexibility index (Phi) is 8.20. The Morgan fingerprint density at radius 3 is 2.18 bits per heavy atom. The van der Waals surface area contributed by atoms with Gasteiger partial charge in [0.05, 0.1) is 30.1 Å². The highest BCUT2D eigenvalue weighted by Crippen LogP contribution is 2.18. The molecule has 178 valence electrons. The van der Waals surface area contributed by atoms with Gasteiger partial charge in [0.1, 0.15) is 0 Å². The van der Waals surface area contributed by atoms with E-state index in [2.05, 4.69) is 10.6 Å². The van der Waals surface area contributed by atoms with Gasteiger partial charge in [0.2, 0.25) is 15.9 Å². The van der Waals surface area contributed by atoms with Crippen molar-refractivity contribution in [2.75, 3.05) is 18.1 Å². The van der Waals surface area contributed by atoms with E-state index in [-0.39, 0.29) is 25.0 Å². The molecule has 3 rings (SSSR count). The maximum absolute atomic E-state index is 12.9. The van der Waals surface area contributed by atoms with Crippen molar-refractivity contribution >= 4 is 27.5 Å². The normalized spacial score (nSPS) is 12.2. The number of aryl methyl sites for hydroxylation is 1. The zero-order valence-corrected chi connectivity index (χ0v) is 20.3. The van der Waals surface area contributed by atoms with Crippen molar-refractivity contribution in [2.24, 2.45) is 0 Å². The third-order valence-corrected chi connectivity index (χ3v) is 6.56. The van der Waals surface area contributed by atoms with Crippen molar-refractivity contribution in [1.29, 1.82) is 0 Å². The molecule has 2 amide bonds. The van der Waals surface area contributed by atoms with Gasteiger partial charge in [-0.15, -0.1) is 0 Å². The molecule has 0 saturated carbocycles. The molecule has 0 fully saturated rings. The molecule has 7 nitrogen and oxygen atoms in total. The van der Waals surface area contributed by atoms with Gasteiger partial charge in [-0.25, -0.2) is 8.42 Å².